The monoisotopic (exact) mass is 362 g/mol. The molecule has 4 rings (SSSR count). The molecule has 1 aliphatic heterocycles. The number of hydrogen-bond acceptors (Lipinski definition) is 3. The number of rotatable bonds is 5. The van der Waals surface area contributed by atoms with Gasteiger partial charge < -0.3 is 20.5 Å². The van der Waals surface area contributed by atoms with Gasteiger partial charge in [-0.3, -0.25) is 0 Å². The van der Waals surface area contributed by atoms with E-state index in [4.69, 9.17) is 4.74 Å². The summed E-state index contributed by atoms with van der Waals surface area (Å²) in [5.41, 5.74) is 2.95. The predicted molar refractivity (Wildman–Crippen MR) is 105 cm³/mol. The molecule has 0 aliphatic carbocycles. The fraction of sp³-hybridized carbons (Fsp3) is 0.227. The van der Waals surface area contributed by atoms with E-state index >= 15 is 0 Å². The Kier molecular flexibility index (Phi) is 4.94. The molecule has 3 N–H and O–H groups in total. The third kappa shape index (κ3) is 3.88. The highest BCUT2D eigenvalue weighted by Crippen LogP contribution is 2.28. The maximum atomic E-state index is 12.1. The van der Waals surface area contributed by atoms with Crippen molar-refractivity contribution >= 4 is 16.8 Å². The topological polar surface area (TPSA) is 70.6 Å². The highest BCUT2D eigenvalue weighted by molar-refractivity contribution is 5.86. The van der Waals surface area contributed by atoms with Crippen molar-refractivity contribution in [1.82, 2.24) is 10.6 Å². The van der Waals surface area contributed by atoms with Gasteiger partial charge in [-0.25, -0.2) is 4.79 Å². The van der Waals surface area contributed by atoms with Gasteiger partial charge >= 0.3 is 6.03 Å². The van der Waals surface area contributed by atoms with Gasteiger partial charge in [-0.05, 0) is 39.6 Å². The first-order chi connectivity index (χ1) is 13.2. The van der Waals surface area contributed by atoms with Crippen LogP contribution in [-0.2, 0) is 13.0 Å². The molecule has 27 heavy (non-hydrogen) atoms. The summed E-state index contributed by atoms with van der Waals surface area (Å²) in [7, 11) is 0. The van der Waals surface area contributed by atoms with Crippen LogP contribution in [0.2, 0.25) is 0 Å². The van der Waals surface area contributed by atoms with Crippen molar-refractivity contribution in [2.45, 2.75) is 19.1 Å². The van der Waals surface area contributed by atoms with Gasteiger partial charge in [-0.1, -0.05) is 48.5 Å². The molecule has 0 saturated heterocycles. The molecule has 0 aromatic heterocycles. The molecule has 0 bridgehead atoms. The average molecular weight is 362 g/mol. The Balaban J connectivity index is 1.32. The van der Waals surface area contributed by atoms with Gasteiger partial charge in [-0.15, -0.1) is 0 Å². The SMILES string of the molecule is O=C(NCc1cccc2ccccc12)NCC(O)c1ccc2c(c1)CCO2. The highest BCUT2D eigenvalue weighted by atomic mass is 16.5. The first kappa shape index (κ1) is 17.4. The van der Waals surface area contributed by atoms with Crippen LogP contribution in [0.1, 0.15) is 22.8 Å². The van der Waals surface area contributed by atoms with E-state index in [1.807, 2.05) is 48.5 Å². The van der Waals surface area contributed by atoms with Crippen LogP contribution in [0.5, 0.6) is 5.75 Å². The Hall–Kier alpha value is -3.05. The summed E-state index contributed by atoms with van der Waals surface area (Å²) in [6.45, 7) is 1.27. The number of aliphatic hydroxyl groups excluding tert-OH is 1. The van der Waals surface area contributed by atoms with Crippen molar-refractivity contribution in [3.63, 3.8) is 0 Å². The fourth-order valence-electron chi connectivity index (χ4n) is 3.41. The molecule has 1 aliphatic rings. The largest absolute Gasteiger partial charge is 0.493 e. The zero-order chi connectivity index (χ0) is 18.6. The second kappa shape index (κ2) is 7.68. The third-order valence-electron chi connectivity index (χ3n) is 4.87. The van der Waals surface area contributed by atoms with Crippen LogP contribution in [0.15, 0.2) is 60.7 Å². The molecule has 5 nitrogen and oxygen atoms in total. The molecule has 1 heterocycles. The van der Waals surface area contributed by atoms with E-state index < -0.39 is 6.10 Å². The van der Waals surface area contributed by atoms with Crippen molar-refractivity contribution in [1.29, 1.82) is 0 Å². The third-order valence-corrected chi connectivity index (χ3v) is 4.87. The van der Waals surface area contributed by atoms with Gasteiger partial charge in [0.2, 0.25) is 0 Å². The number of benzene rings is 3. The molecule has 5 heteroatoms. The Morgan fingerprint density at radius 2 is 1.93 bits per heavy atom. The number of carbonyl (C=O) groups excluding carboxylic acids is 1. The number of fused-ring (bicyclic) bond motifs is 2. The van der Waals surface area contributed by atoms with Crippen molar-refractivity contribution in [2.75, 3.05) is 13.2 Å². The summed E-state index contributed by atoms with van der Waals surface area (Å²) in [5, 5.41) is 18.2. The van der Waals surface area contributed by atoms with E-state index in [9.17, 15) is 9.90 Å². The molecule has 138 valence electrons. The summed E-state index contributed by atoms with van der Waals surface area (Å²) in [4.78, 5) is 12.1. The van der Waals surface area contributed by atoms with Crippen molar-refractivity contribution in [3.8, 4) is 5.75 Å². The highest BCUT2D eigenvalue weighted by Gasteiger charge is 2.16. The molecule has 3 aromatic carbocycles. The van der Waals surface area contributed by atoms with Gasteiger partial charge in [0.05, 0.1) is 12.7 Å². The Labute approximate surface area is 158 Å². The molecule has 0 saturated carbocycles. The van der Waals surface area contributed by atoms with E-state index in [1.54, 1.807) is 0 Å². The molecule has 3 aromatic rings. The van der Waals surface area contributed by atoms with Crippen LogP contribution >= 0.6 is 0 Å². The van der Waals surface area contributed by atoms with Crippen molar-refractivity contribution in [3.05, 3.63) is 77.4 Å². The van der Waals surface area contributed by atoms with Crippen LogP contribution in [0.4, 0.5) is 4.79 Å². The maximum absolute atomic E-state index is 12.1. The molecule has 0 spiro atoms. The first-order valence-electron chi connectivity index (χ1n) is 9.13. The number of hydrogen-bond donors (Lipinski definition) is 3. The first-order valence-corrected chi connectivity index (χ1v) is 9.13. The summed E-state index contributed by atoms with van der Waals surface area (Å²) in [5.74, 6) is 0.881. The van der Waals surface area contributed by atoms with E-state index in [2.05, 4.69) is 22.8 Å². The average Bonchev–Trinajstić information content (AvgIpc) is 3.18. The minimum Gasteiger partial charge on any atom is -0.493 e. The number of urea groups is 1. The van der Waals surface area contributed by atoms with Crippen LogP contribution in [0, 0.1) is 0 Å². The lowest BCUT2D eigenvalue weighted by atomic mass is 10.0. The van der Waals surface area contributed by atoms with Crippen LogP contribution in [0.25, 0.3) is 10.8 Å². The minimum absolute atomic E-state index is 0.154. The van der Waals surface area contributed by atoms with Gasteiger partial charge in [-0.2, -0.15) is 0 Å². The summed E-state index contributed by atoms with van der Waals surface area (Å²) in [6, 6.07) is 19.5. The second-order valence-corrected chi connectivity index (χ2v) is 6.68. The molecule has 1 atom stereocenters. The molecule has 1 unspecified atom stereocenters. The number of carbonyl (C=O) groups is 1. The maximum Gasteiger partial charge on any atom is 0.315 e. The standard InChI is InChI=1S/C22H22N2O3/c25-20(16-8-9-21-17(12-16)10-11-27-21)14-24-22(26)23-13-18-6-3-5-15-4-1-2-7-19(15)18/h1-9,12,20,25H,10-11,13-14H2,(H2,23,24,26). The number of ether oxygens (including phenoxy) is 1. The molecule has 0 fully saturated rings. The second-order valence-electron chi connectivity index (χ2n) is 6.68. The zero-order valence-corrected chi connectivity index (χ0v) is 14.9. The Morgan fingerprint density at radius 1 is 1.07 bits per heavy atom. The zero-order valence-electron chi connectivity index (χ0n) is 14.9. The Bertz CT molecular complexity index is 965. The van der Waals surface area contributed by atoms with E-state index in [0.29, 0.717) is 13.2 Å². The summed E-state index contributed by atoms with van der Waals surface area (Å²) < 4.78 is 5.47. The quantitative estimate of drug-likeness (QED) is 0.652. The van der Waals surface area contributed by atoms with Crippen LogP contribution < -0.4 is 15.4 Å². The van der Waals surface area contributed by atoms with E-state index in [1.165, 1.54) is 0 Å². The molecular weight excluding hydrogens is 340 g/mol. The lowest BCUT2D eigenvalue weighted by Crippen LogP contribution is -2.37. The van der Waals surface area contributed by atoms with E-state index in [-0.39, 0.29) is 12.6 Å². The van der Waals surface area contributed by atoms with Crippen molar-refractivity contribution in [2.24, 2.45) is 0 Å². The van der Waals surface area contributed by atoms with Crippen molar-refractivity contribution < 1.29 is 14.6 Å². The summed E-state index contributed by atoms with van der Waals surface area (Å²) >= 11 is 0. The van der Waals surface area contributed by atoms with Crippen LogP contribution in [0.3, 0.4) is 0 Å². The number of nitrogens with one attached hydrogen (secondary N) is 2. The molecule has 2 amide bonds. The lowest BCUT2D eigenvalue weighted by molar-refractivity contribution is 0.173. The van der Waals surface area contributed by atoms with E-state index in [0.717, 1.165) is 39.6 Å². The van der Waals surface area contributed by atoms with Gasteiger partial charge in [0.1, 0.15) is 5.75 Å². The Morgan fingerprint density at radius 3 is 2.85 bits per heavy atom. The molecular formula is C22H22N2O3. The predicted octanol–water partition coefficient (Wildman–Crippen LogP) is 3.31. The fourth-order valence-corrected chi connectivity index (χ4v) is 3.41. The van der Waals surface area contributed by atoms with Gasteiger partial charge in [0, 0.05) is 19.5 Å². The minimum atomic E-state index is -0.751. The van der Waals surface area contributed by atoms with Gasteiger partial charge in [0.25, 0.3) is 0 Å². The number of aliphatic hydroxyl groups is 1. The normalized spacial score (nSPS) is 13.7. The summed E-state index contributed by atoms with van der Waals surface area (Å²) in [6.07, 6.45) is 0.105. The van der Waals surface area contributed by atoms with Gasteiger partial charge in [0.15, 0.2) is 0 Å². The lowest BCUT2D eigenvalue weighted by Gasteiger charge is -2.14. The van der Waals surface area contributed by atoms with Crippen LogP contribution in [-0.4, -0.2) is 24.3 Å². The number of amides is 2. The smallest absolute Gasteiger partial charge is 0.315 e. The molecule has 0 radical (unpaired) electrons.